The molecule has 0 saturated carbocycles. The Hall–Kier alpha value is -0.780. The van der Waals surface area contributed by atoms with E-state index in [0.717, 1.165) is 16.6 Å². The van der Waals surface area contributed by atoms with Crippen molar-refractivity contribution < 1.29 is 0 Å². The van der Waals surface area contributed by atoms with Gasteiger partial charge in [0, 0.05) is 10.0 Å². The summed E-state index contributed by atoms with van der Waals surface area (Å²) in [6, 6.07) is 6.13. The maximum atomic E-state index is 3.42. The average Bonchev–Trinajstić information content (AvgIpc) is 2.11. The number of halogens is 1. The molecule has 0 aromatic heterocycles. The molecule has 1 N–H and O–H groups in total. The van der Waals surface area contributed by atoms with Crippen molar-refractivity contribution in [2.45, 2.75) is 6.92 Å². The average molecular weight is 238 g/mol. The number of hydrogen-bond acceptors (Lipinski definition) is 1. The molecule has 13 heavy (non-hydrogen) atoms. The Morgan fingerprint density at radius 1 is 1.46 bits per heavy atom. The van der Waals surface area contributed by atoms with Gasteiger partial charge in [-0.25, -0.2) is 0 Å². The minimum atomic E-state index is 0.728. The van der Waals surface area contributed by atoms with E-state index in [4.69, 9.17) is 0 Å². The van der Waals surface area contributed by atoms with Gasteiger partial charge in [0.25, 0.3) is 0 Å². The Bertz CT molecular complexity index is 347. The fourth-order valence-electron chi connectivity index (χ4n) is 0.957. The summed E-state index contributed by atoms with van der Waals surface area (Å²) in [6.07, 6.45) is 0. The number of hydrogen-bond donors (Lipinski definition) is 1. The van der Waals surface area contributed by atoms with Gasteiger partial charge < -0.3 is 5.32 Å². The van der Waals surface area contributed by atoms with Gasteiger partial charge >= 0.3 is 0 Å². The molecule has 0 aliphatic heterocycles. The predicted molar refractivity (Wildman–Crippen MR) is 59.7 cm³/mol. The highest BCUT2D eigenvalue weighted by Crippen LogP contribution is 2.14. The van der Waals surface area contributed by atoms with Crippen molar-refractivity contribution in [1.29, 1.82) is 0 Å². The van der Waals surface area contributed by atoms with Crippen molar-refractivity contribution in [3.63, 3.8) is 0 Å². The fraction of sp³-hybridized carbons (Fsp3) is 0.273. The largest absolute Gasteiger partial charge is 0.309 e. The van der Waals surface area contributed by atoms with Gasteiger partial charge in [0.2, 0.25) is 0 Å². The van der Waals surface area contributed by atoms with Crippen molar-refractivity contribution in [3.05, 3.63) is 33.8 Å². The SMILES string of the molecule is CNCC#Cc1cc(Br)ccc1C. The van der Waals surface area contributed by atoms with E-state index in [9.17, 15) is 0 Å². The maximum absolute atomic E-state index is 3.42. The first kappa shape index (κ1) is 10.3. The van der Waals surface area contributed by atoms with Crippen molar-refractivity contribution in [3.8, 4) is 11.8 Å². The van der Waals surface area contributed by atoms with E-state index in [1.807, 2.05) is 19.2 Å². The molecule has 2 heteroatoms. The van der Waals surface area contributed by atoms with Crippen molar-refractivity contribution in [2.24, 2.45) is 0 Å². The monoisotopic (exact) mass is 237 g/mol. The molecular formula is C11H12BrN. The highest BCUT2D eigenvalue weighted by atomic mass is 79.9. The Morgan fingerprint density at radius 3 is 2.92 bits per heavy atom. The topological polar surface area (TPSA) is 12.0 Å². The molecular weight excluding hydrogens is 226 g/mol. The first-order valence-electron chi connectivity index (χ1n) is 4.13. The lowest BCUT2D eigenvalue weighted by atomic mass is 10.1. The summed E-state index contributed by atoms with van der Waals surface area (Å²) in [5.41, 5.74) is 2.30. The summed E-state index contributed by atoms with van der Waals surface area (Å²) >= 11 is 3.42. The van der Waals surface area contributed by atoms with Crippen molar-refractivity contribution in [2.75, 3.05) is 13.6 Å². The van der Waals surface area contributed by atoms with Crippen LogP contribution in [0.1, 0.15) is 11.1 Å². The van der Waals surface area contributed by atoms with E-state index < -0.39 is 0 Å². The Labute approximate surface area is 87.7 Å². The molecule has 0 unspecified atom stereocenters. The van der Waals surface area contributed by atoms with Crippen LogP contribution in [0.5, 0.6) is 0 Å². The number of nitrogens with one attached hydrogen (secondary N) is 1. The Kier molecular flexibility index (Phi) is 4.01. The Balaban J connectivity index is 2.89. The molecule has 1 nitrogen and oxygen atoms in total. The van der Waals surface area contributed by atoms with Crippen molar-refractivity contribution >= 4 is 15.9 Å². The van der Waals surface area contributed by atoms with Gasteiger partial charge in [-0.2, -0.15) is 0 Å². The van der Waals surface area contributed by atoms with Gasteiger partial charge in [0.05, 0.1) is 6.54 Å². The van der Waals surface area contributed by atoms with Crippen LogP contribution in [0.2, 0.25) is 0 Å². The van der Waals surface area contributed by atoms with Crippen LogP contribution in [0.25, 0.3) is 0 Å². The molecule has 0 bridgehead atoms. The van der Waals surface area contributed by atoms with E-state index in [-0.39, 0.29) is 0 Å². The molecule has 0 fully saturated rings. The second-order valence-corrected chi connectivity index (χ2v) is 3.71. The van der Waals surface area contributed by atoms with Crippen LogP contribution >= 0.6 is 15.9 Å². The van der Waals surface area contributed by atoms with E-state index >= 15 is 0 Å². The number of benzene rings is 1. The van der Waals surface area contributed by atoms with Crippen LogP contribution in [0.3, 0.4) is 0 Å². The lowest BCUT2D eigenvalue weighted by Gasteiger charge is -1.97. The second-order valence-electron chi connectivity index (χ2n) is 2.79. The maximum Gasteiger partial charge on any atom is 0.0577 e. The molecule has 0 heterocycles. The van der Waals surface area contributed by atoms with Gasteiger partial charge in [-0.1, -0.05) is 33.8 Å². The minimum Gasteiger partial charge on any atom is -0.309 e. The highest BCUT2D eigenvalue weighted by molar-refractivity contribution is 9.10. The summed E-state index contributed by atoms with van der Waals surface area (Å²) in [4.78, 5) is 0. The van der Waals surface area contributed by atoms with E-state index in [1.54, 1.807) is 0 Å². The van der Waals surface area contributed by atoms with E-state index in [0.29, 0.717) is 0 Å². The lowest BCUT2D eigenvalue weighted by Crippen LogP contribution is -2.04. The zero-order valence-corrected chi connectivity index (χ0v) is 9.40. The van der Waals surface area contributed by atoms with Crippen LogP contribution in [0, 0.1) is 18.8 Å². The molecule has 1 aromatic rings. The number of rotatable bonds is 1. The van der Waals surface area contributed by atoms with E-state index in [1.165, 1.54) is 5.56 Å². The smallest absolute Gasteiger partial charge is 0.0577 e. The van der Waals surface area contributed by atoms with Gasteiger partial charge in [0.15, 0.2) is 0 Å². The fourth-order valence-corrected chi connectivity index (χ4v) is 1.32. The molecule has 0 spiro atoms. The Morgan fingerprint density at radius 2 is 2.23 bits per heavy atom. The van der Waals surface area contributed by atoms with Gasteiger partial charge in [-0.3, -0.25) is 0 Å². The molecule has 0 aliphatic rings. The molecule has 0 amide bonds. The molecule has 0 atom stereocenters. The van der Waals surface area contributed by atoms with Crippen LogP contribution in [-0.2, 0) is 0 Å². The van der Waals surface area contributed by atoms with Crippen LogP contribution < -0.4 is 5.32 Å². The third-order valence-electron chi connectivity index (χ3n) is 1.69. The summed E-state index contributed by atoms with van der Waals surface area (Å²) in [5.74, 6) is 6.15. The highest BCUT2D eigenvalue weighted by Gasteiger charge is 1.94. The van der Waals surface area contributed by atoms with Gasteiger partial charge in [0.1, 0.15) is 0 Å². The first-order chi connectivity index (χ1) is 6.24. The molecule has 1 aromatic carbocycles. The number of aryl methyl sites for hydroxylation is 1. The minimum absolute atomic E-state index is 0.728. The molecule has 0 saturated heterocycles. The summed E-state index contributed by atoms with van der Waals surface area (Å²) < 4.78 is 1.08. The quantitative estimate of drug-likeness (QED) is 0.740. The second kappa shape index (κ2) is 5.06. The summed E-state index contributed by atoms with van der Waals surface area (Å²) in [5, 5.41) is 2.99. The normalized spacial score (nSPS) is 9.15. The predicted octanol–water partition coefficient (Wildman–Crippen LogP) is 2.33. The molecule has 0 aliphatic carbocycles. The summed E-state index contributed by atoms with van der Waals surface area (Å²) in [6.45, 7) is 2.79. The zero-order valence-electron chi connectivity index (χ0n) is 7.82. The van der Waals surface area contributed by atoms with Crippen LogP contribution in [-0.4, -0.2) is 13.6 Å². The third kappa shape index (κ3) is 3.22. The molecule has 1 rings (SSSR count). The van der Waals surface area contributed by atoms with Gasteiger partial charge in [-0.15, -0.1) is 0 Å². The summed E-state index contributed by atoms with van der Waals surface area (Å²) in [7, 11) is 1.89. The van der Waals surface area contributed by atoms with Crippen LogP contribution in [0.15, 0.2) is 22.7 Å². The van der Waals surface area contributed by atoms with Crippen molar-refractivity contribution in [1.82, 2.24) is 5.32 Å². The van der Waals surface area contributed by atoms with Crippen LogP contribution in [0.4, 0.5) is 0 Å². The first-order valence-corrected chi connectivity index (χ1v) is 4.93. The molecule has 68 valence electrons. The molecule has 0 radical (unpaired) electrons. The lowest BCUT2D eigenvalue weighted by molar-refractivity contribution is 0.938. The van der Waals surface area contributed by atoms with Gasteiger partial charge in [-0.05, 0) is 31.7 Å². The third-order valence-corrected chi connectivity index (χ3v) is 2.18. The standard InChI is InChI=1S/C11H12BrN/c1-9-5-6-11(12)8-10(9)4-3-7-13-2/h5-6,8,13H,7H2,1-2H3. The zero-order chi connectivity index (χ0) is 9.68. The van der Waals surface area contributed by atoms with E-state index in [2.05, 4.69) is 46.1 Å².